The van der Waals surface area contributed by atoms with Crippen LogP contribution < -0.4 is 4.74 Å². The van der Waals surface area contributed by atoms with Gasteiger partial charge in [-0.3, -0.25) is 4.98 Å². The van der Waals surface area contributed by atoms with Crippen molar-refractivity contribution in [3.63, 3.8) is 0 Å². The lowest BCUT2D eigenvalue weighted by Crippen LogP contribution is -2.08. The zero-order valence-corrected chi connectivity index (χ0v) is 15.3. The first-order valence-corrected chi connectivity index (χ1v) is 8.68. The number of aliphatic carboxylic acids is 1. The van der Waals surface area contributed by atoms with Crippen LogP contribution in [0.4, 0.5) is 0 Å². The average molecular weight is 359 g/mol. The lowest BCUT2D eigenvalue weighted by Gasteiger charge is -2.19. The van der Waals surface area contributed by atoms with Crippen molar-refractivity contribution in [1.29, 1.82) is 0 Å². The van der Waals surface area contributed by atoms with Crippen LogP contribution in [0.3, 0.4) is 0 Å². The molecule has 1 N–H and O–H groups in total. The van der Waals surface area contributed by atoms with E-state index in [0.717, 1.165) is 33.7 Å². The molecule has 0 unspecified atom stereocenters. The van der Waals surface area contributed by atoms with Crippen LogP contribution in [0.25, 0.3) is 17.3 Å². The van der Waals surface area contributed by atoms with Gasteiger partial charge in [0, 0.05) is 23.4 Å². The molecule has 0 amide bonds. The highest BCUT2D eigenvalue weighted by molar-refractivity contribution is 5.81. The lowest BCUT2D eigenvalue weighted by atomic mass is 9.99. The van der Waals surface area contributed by atoms with Gasteiger partial charge in [-0.25, -0.2) is 4.79 Å². The minimum Gasteiger partial charge on any atom is -0.488 e. The van der Waals surface area contributed by atoms with Crippen molar-refractivity contribution >= 4 is 12.0 Å². The number of ether oxygens (including phenoxy) is 1. The second-order valence-electron chi connectivity index (χ2n) is 6.36. The van der Waals surface area contributed by atoms with Crippen molar-refractivity contribution in [3.05, 3.63) is 89.2 Å². The highest BCUT2D eigenvalue weighted by Gasteiger charge is 2.13. The van der Waals surface area contributed by atoms with Crippen LogP contribution in [-0.2, 0) is 4.79 Å². The number of rotatable bonds is 5. The Labute approximate surface area is 158 Å². The average Bonchev–Trinajstić information content (AvgIpc) is 2.67. The summed E-state index contributed by atoms with van der Waals surface area (Å²) in [6.45, 7) is 4.28. The monoisotopic (exact) mass is 359 g/mol. The van der Waals surface area contributed by atoms with Gasteiger partial charge in [0.15, 0.2) is 0 Å². The Morgan fingerprint density at radius 1 is 1.22 bits per heavy atom. The second-order valence-corrected chi connectivity index (χ2v) is 6.36. The van der Waals surface area contributed by atoms with Crippen molar-refractivity contribution < 1.29 is 14.6 Å². The summed E-state index contributed by atoms with van der Waals surface area (Å²) in [7, 11) is 0. The maximum absolute atomic E-state index is 10.6. The van der Waals surface area contributed by atoms with E-state index in [1.807, 2.05) is 49.4 Å². The van der Waals surface area contributed by atoms with Gasteiger partial charge in [-0.05, 0) is 67.0 Å². The molecule has 3 rings (SSSR count). The van der Waals surface area contributed by atoms with Gasteiger partial charge < -0.3 is 9.84 Å². The van der Waals surface area contributed by atoms with Crippen molar-refractivity contribution in [3.8, 4) is 17.0 Å². The molecule has 0 saturated carbocycles. The minimum atomic E-state index is -0.943. The number of fused-ring (bicyclic) bond motifs is 1. The summed E-state index contributed by atoms with van der Waals surface area (Å²) in [5.74, 6) is -0.0800. The molecular formula is C23H21NO3. The van der Waals surface area contributed by atoms with E-state index in [0.29, 0.717) is 12.2 Å². The molecule has 0 radical (unpaired) electrons. The topological polar surface area (TPSA) is 59.4 Å². The van der Waals surface area contributed by atoms with E-state index in [1.165, 1.54) is 6.08 Å². The highest BCUT2D eigenvalue weighted by atomic mass is 16.5. The number of pyridine rings is 1. The molecule has 1 aliphatic heterocycles. The fourth-order valence-corrected chi connectivity index (χ4v) is 2.79. The van der Waals surface area contributed by atoms with E-state index in [2.05, 4.69) is 17.1 Å². The number of hydrogen-bond donors (Lipinski definition) is 1. The number of carboxylic acid groups (broad SMARTS) is 1. The number of benzene rings is 1. The largest absolute Gasteiger partial charge is 0.488 e. The Morgan fingerprint density at radius 3 is 2.81 bits per heavy atom. The van der Waals surface area contributed by atoms with Gasteiger partial charge in [0.1, 0.15) is 12.4 Å². The van der Waals surface area contributed by atoms with Gasteiger partial charge in [-0.2, -0.15) is 0 Å². The zero-order valence-electron chi connectivity index (χ0n) is 15.3. The van der Waals surface area contributed by atoms with Gasteiger partial charge in [0.25, 0.3) is 0 Å². The van der Waals surface area contributed by atoms with Crippen molar-refractivity contribution in [2.75, 3.05) is 6.61 Å². The zero-order chi connectivity index (χ0) is 19.2. The van der Waals surface area contributed by atoms with E-state index in [9.17, 15) is 4.79 Å². The standard InChI is InChI=1S/C23H21NO3/c1-16(12-23(25)26)6-5-7-17(2)20-14-19-13-18(9-10-22(19)27-15-20)21-8-3-4-11-24-21/h3-14H,15H2,1-2H3,(H,25,26)/b6-5+,16-12?,17-7+. The quantitative estimate of drug-likeness (QED) is 0.599. The van der Waals surface area contributed by atoms with E-state index in [4.69, 9.17) is 9.84 Å². The summed E-state index contributed by atoms with van der Waals surface area (Å²) >= 11 is 0. The summed E-state index contributed by atoms with van der Waals surface area (Å²) in [5.41, 5.74) is 5.85. The van der Waals surface area contributed by atoms with Crippen LogP contribution in [0.5, 0.6) is 5.75 Å². The second kappa shape index (κ2) is 8.32. The molecule has 136 valence electrons. The third-order valence-electron chi connectivity index (χ3n) is 4.25. The summed E-state index contributed by atoms with van der Waals surface area (Å²) in [5, 5.41) is 8.74. The Kier molecular flexibility index (Phi) is 5.67. The summed E-state index contributed by atoms with van der Waals surface area (Å²) < 4.78 is 5.89. The SMILES string of the molecule is CC(=CC(=O)O)/C=C/C=C(\C)C1=Cc2cc(-c3ccccn3)ccc2OC1. The molecule has 0 fully saturated rings. The van der Waals surface area contributed by atoms with Crippen LogP contribution in [0.1, 0.15) is 19.4 Å². The van der Waals surface area contributed by atoms with Crippen LogP contribution in [0.15, 0.2) is 83.6 Å². The van der Waals surface area contributed by atoms with Crippen LogP contribution in [0, 0.1) is 0 Å². The lowest BCUT2D eigenvalue weighted by molar-refractivity contribution is -0.131. The van der Waals surface area contributed by atoms with Crippen LogP contribution >= 0.6 is 0 Å². The number of carbonyl (C=O) groups is 1. The molecule has 1 aromatic carbocycles. The first-order chi connectivity index (χ1) is 13.0. The fourth-order valence-electron chi connectivity index (χ4n) is 2.79. The first kappa shape index (κ1) is 18.4. The molecule has 4 heteroatoms. The van der Waals surface area contributed by atoms with Crippen LogP contribution in [-0.4, -0.2) is 22.7 Å². The third kappa shape index (κ3) is 4.82. The summed E-state index contributed by atoms with van der Waals surface area (Å²) in [6.07, 6.45) is 10.7. The first-order valence-electron chi connectivity index (χ1n) is 8.68. The molecule has 1 aromatic heterocycles. The predicted octanol–water partition coefficient (Wildman–Crippen LogP) is 5.06. The van der Waals surface area contributed by atoms with Crippen molar-refractivity contribution in [2.45, 2.75) is 13.8 Å². The smallest absolute Gasteiger partial charge is 0.328 e. The molecule has 4 nitrogen and oxygen atoms in total. The van der Waals surface area contributed by atoms with Crippen molar-refractivity contribution in [2.24, 2.45) is 0 Å². The number of aromatic nitrogens is 1. The van der Waals surface area contributed by atoms with Gasteiger partial charge in [0.05, 0.1) is 5.69 Å². The molecule has 0 saturated heterocycles. The Morgan fingerprint density at radius 2 is 2.07 bits per heavy atom. The Bertz CT molecular complexity index is 966. The van der Waals surface area contributed by atoms with Gasteiger partial charge in [-0.1, -0.05) is 24.3 Å². The Balaban J connectivity index is 1.83. The maximum Gasteiger partial charge on any atom is 0.328 e. The molecule has 2 heterocycles. The normalized spacial score (nSPS) is 14.5. The summed E-state index contributed by atoms with van der Waals surface area (Å²) in [4.78, 5) is 15.0. The molecule has 0 aliphatic carbocycles. The summed E-state index contributed by atoms with van der Waals surface area (Å²) in [6, 6.07) is 11.9. The van der Waals surface area contributed by atoms with E-state index in [-0.39, 0.29) is 0 Å². The fraction of sp³-hybridized carbons (Fsp3) is 0.130. The molecule has 0 bridgehead atoms. The van der Waals surface area contributed by atoms with E-state index >= 15 is 0 Å². The molecular weight excluding hydrogens is 338 g/mol. The van der Waals surface area contributed by atoms with Gasteiger partial charge in [0.2, 0.25) is 0 Å². The number of allylic oxidation sites excluding steroid dienone is 4. The highest BCUT2D eigenvalue weighted by Crippen LogP contribution is 2.32. The minimum absolute atomic E-state index is 0.510. The third-order valence-corrected chi connectivity index (χ3v) is 4.25. The Hall–Kier alpha value is -3.40. The van der Waals surface area contributed by atoms with E-state index in [1.54, 1.807) is 19.2 Å². The molecule has 2 aromatic rings. The molecule has 0 atom stereocenters. The number of hydrogen-bond acceptors (Lipinski definition) is 3. The van der Waals surface area contributed by atoms with Gasteiger partial charge in [-0.15, -0.1) is 0 Å². The maximum atomic E-state index is 10.6. The predicted molar refractivity (Wildman–Crippen MR) is 107 cm³/mol. The van der Waals surface area contributed by atoms with Crippen molar-refractivity contribution in [1.82, 2.24) is 4.98 Å². The number of nitrogens with zero attached hydrogens (tertiary/aromatic N) is 1. The van der Waals surface area contributed by atoms with Crippen LogP contribution in [0.2, 0.25) is 0 Å². The molecule has 1 aliphatic rings. The number of carboxylic acids is 1. The van der Waals surface area contributed by atoms with E-state index < -0.39 is 5.97 Å². The van der Waals surface area contributed by atoms with Gasteiger partial charge >= 0.3 is 5.97 Å². The molecule has 0 spiro atoms. The molecule has 27 heavy (non-hydrogen) atoms.